The summed E-state index contributed by atoms with van der Waals surface area (Å²) in [6.07, 6.45) is 0. The highest BCUT2D eigenvalue weighted by atomic mass is 16.5. The highest BCUT2D eigenvalue weighted by molar-refractivity contribution is 5.82. The normalized spacial score (nSPS) is 12.4. The van der Waals surface area contributed by atoms with Gasteiger partial charge in [-0.3, -0.25) is 4.79 Å². The van der Waals surface area contributed by atoms with E-state index in [1.807, 2.05) is 13.8 Å². The van der Waals surface area contributed by atoms with Crippen LogP contribution < -0.4 is 5.32 Å². The van der Waals surface area contributed by atoms with Gasteiger partial charge in [-0.1, -0.05) is 13.8 Å². The molecule has 0 saturated carbocycles. The van der Waals surface area contributed by atoms with Gasteiger partial charge in [0.1, 0.15) is 6.04 Å². The predicted molar refractivity (Wildman–Crippen MR) is 49.1 cm³/mol. The molecule has 4 heteroatoms. The minimum atomic E-state index is -0.559. The molecule has 0 spiro atoms. The average molecular weight is 187 g/mol. The molecule has 0 aromatic rings. The number of hydrogen-bond donors (Lipinski definition) is 1. The minimum absolute atomic E-state index is 0.228. The van der Waals surface area contributed by atoms with Crippen LogP contribution in [0.1, 0.15) is 27.7 Å². The van der Waals surface area contributed by atoms with Crippen LogP contribution in [-0.4, -0.2) is 24.5 Å². The van der Waals surface area contributed by atoms with Crippen molar-refractivity contribution in [2.24, 2.45) is 5.92 Å². The van der Waals surface area contributed by atoms with Crippen LogP contribution in [0.3, 0.4) is 0 Å². The molecule has 0 bridgehead atoms. The van der Waals surface area contributed by atoms with Crippen molar-refractivity contribution < 1.29 is 14.3 Å². The molecule has 1 amide bonds. The van der Waals surface area contributed by atoms with Gasteiger partial charge in [0.25, 0.3) is 0 Å². The van der Waals surface area contributed by atoms with E-state index in [2.05, 4.69) is 5.32 Å². The van der Waals surface area contributed by atoms with Crippen molar-refractivity contribution in [3.8, 4) is 0 Å². The maximum atomic E-state index is 11.1. The van der Waals surface area contributed by atoms with E-state index >= 15 is 0 Å². The zero-order chi connectivity index (χ0) is 10.4. The first-order valence-corrected chi connectivity index (χ1v) is 4.37. The molecule has 0 aliphatic carbocycles. The molecule has 0 fully saturated rings. The number of rotatable bonds is 4. The Morgan fingerprint density at radius 1 is 1.31 bits per heavy atom. The molecule has 4 nitrogen and oxygen atoms in total. The van der Waals surface area contributed by atoms with Crippen LogP contribution in [0.4, 0.5) is 0 Å². The third-order valence-corrected chi connectivity index (χ3v) is 1.33. The fourth-order valence-corrected chi connectivity index (χ4v) is 0.738. The topological polar surface area (TPSA) is 55.4 Å². The molecule has 13 heavy (non-hydrogen) atoms. The first-order chi connectivity index (χ1) is 5.93. The standard InChI is InChI=1S/C9H17NO3/c1-6(2)5-13-9(12)7(3)10-8(4)11/h6-7H,5H2,1-4H3,(H,10,11)/t7-/m0/s1. The van der Waals surface area contributed by atoms with Crippen molar-refractivity contribution in [2.75, 3.05) is 6.61 Å². The molecule has 0 aromatic carbocycles. The van der Waals surface area contributed by atoms with E-state index in [9.17, 15) is 9.59 Å². The highest BCUT2D eigenvalue weighted by Gasteiger charge is 2.14. The van der Waals surface area contributed by atoms with Gasteiger partial charge in [0, 0.05) is 6.92 Å². The van der Waals surface area contributed by atoms with E-state index in [0.29, 0.717) is 12.5 Å². The van der Waals surface area contributed by atoms with Crippen molar-refractivity contribution >= 4 is 11.9 Å². The van der Waals surface area contributed by atoms with Gasteiger partial charge < -0.3 is 10.1 Å². The second kappa shape index (κ2) is 5.56. The SMILES string of the molecule is CC(=O)N[C@@H](C)C(=O)OCC(C)C. The van der Waals surface area contributed by atoms with Crippen LogP contribution in [0.2, 0.25) is 0 Å². The van der Waals surface area contributed by atoms with E-state index in [-0.39, 0.29) is 11.9 Å². The fraction of sp³-hybridized carbons (Fsp3) is 0.778. The zero-order valence-corrected chi connectivity index (χ0v) is 8.59. The molecule has 1 atom stereocenters. The van der Waals surface area contributed by atoms with E-state index in [1.54, 1.807) is 6.92 Å². The summed E-state index contributed by atoms with van der Waals surface area (Å²) in [6.45, 7) is 7.27. The molecule has 0 aliphatic rings. The van der Waals surface area contributed by atoms with Crippen LogP contribution in [0.25, 0.3) is 0 Å². The van der Waals surface area contributed by atoms with Crippen LogP contribution in [0, 0.1) is 5.92 Å². The summed E-state index contributed by atoms with van der Waals surface area (Å²) in [4.78, 5) is 21.7. The van der Waals surface area contributed by atoms with Crippen LogP contribution >= 0.6 is 0 Å². The highest BCUT2D eigenvalue weighted by Crippen LogP contribution is 1.95. The van der Waals surface area contributed by atoms with Gasteiger partial charge in [-0.2, -0.15) is 0 Å². The van der Waals surface area contributed by atoms with Gasteiger partial charge in [-0.05, 0) is 12.8 Å². The molecular weight excluding hydrogens is 170 g/mol. The third-order valence-electron chi connectivity index (χ3n) is 1.33. The Balaban J connectivity index is 3.76. The Kier molecular flexibility index (Phi) is 5.11. The molecule has 0 aliphatic heterocycles. The molecule has 0 rings (SSSR count). The smallest absolute Gasteiger partial charge is 0.328 e. The Morgan fingerprint density at radius 2 is 1.85 bits per heavy atom. The second-order valence-electron chi connectivity index (χ2n) is 3.45. The molecule has 0 aromatic heterocycles. The maximum absolute atomic E-state index is 11.1. The minimum Gasteiger partial charge on any atom is -0.464 e. The summed E-state index contributed by atoms with van der Waals surface area (Å²) in [5.74, 6) is -0.300. The quantitative estimate of drug-likeness (QED) is 0.659. The summed E-state index contributed by atoms with van der Waals surface area (Å²) < 4.78 is 4.91. The number of nitrogens with one attached hydrogen (secondary N) is 1. The number of carbonyl (C=O) groups is 2. The van der Waals surface area contributed by atoms with Gasteiger partial charge in [0.15, 0.2) is 0 Å². The Bertz CT molecular complexity index is 189. The molecule has 76 valence electrons. The molecule has 1 N–H and O–H groups in total. The van der Waals surface area contributed by atoms with Gasteiger partial charge in [-0.15, -0.1) is 0 Å². The van der Waals surface area contributed by atoms with Gasteiger partial charge in [0.05, 0.1) is 6.61 Å². The molecule has 0 radical (unpaired) electrons. The lowest BCUT2D eigenvalue weighted by Gasteiger charge is -2.12. The second-order valence-corrected chi connectivity index (χ2v) is 3.45. The zero-order valence-electron chi connectivity index (χ0n) is 8.59. The van der Waals surface area contributed by atoms with Gasteiger partial charge >= 0.3 is 5.97 Å². The predicted octanol–water partition coefficient (Wildman–Crippen LogP) is 0.710. The van der Waals surface area contributed by atoms with Crippen molar-refractivity contribution in [1.29, 1.82) is 0 Å². The van der Waals surface area contributed by atoms with E-state index in [4.69, 9.17) is 4.74 Å². The third kappa shape index (κ3) is 6.13. The van der Waals surface area contributed by atoms with Crippen molar-refractivity contribution in [3.63, 3.8) is 0 Å². The average Bonchev–Trinajstić information content (AvgIpc) is 1.98. The monoisotopic (exact) mass is 187 g/mol. The summed E-state index contributed by atoms with van der Waals surface area (Å²) >= 11 is 0. The van der Waals surface area contributed by atoms with Crippen LogP contribution in [-0.2, 0) is 14.3 Å². The Hall–Kier alpha value is -1.06. The maximum Gasteiger partial charge on any atom is 0.328 e. The van der Waals surface area contributed by atoms with E-state index in [0.717, 1.165) is 0 Å². The first kappa shape index (κ1) is 11.9. The van der Waals surface area contributed by atoms with Gasteiger partial charge in [-0.25, -0.2) is 4.79 Å². The molecule has 0 unspecified atom stereocenters. The van der Waals surface area contributed by atoms with Crippen LogP contribution in [0.5, 0.6) is 0 Å². The Labute approximate surface area is 78.6 Å². The summed E-state index contributed by atoms with van der Waals surface area (Å²) in [5.41, 5.74) is 0. The summed E-state index contributed by atoms with van der Waals surface area (Å²) in [6, 6.07) is -0.559. The van der Waals surface area contributed by atoms with Crippen LogP contribution in [0.15, 0.2) is 0 Å². The number of amides is 1. The van der Waals surface area contributed by atoms with E-state index < -0.39 is 6.04 Å². The van der Waals surface area contributed by atoms with Gasteiger partial charge in [0.2, 0.25) is 5.91 Å². The largest absolute Gasteiger partial charge is 0.464 e. The Morgan fingerprint density at radius 3 is 2.23 bits per heavy atom. The van der Waals surface area contributed by atoms with Crippen molar-refractivity contribution in [3.05, 3.63) is 0 Å². The lowest BCUT2D eigenvalue weighted by Crippen LogP contribution is -2.38. The number of esters is 1. The number of ether oxygens (including phenoxy) is 1. The summed E-state index contributed by atoms with van der Waals surface area (Å²) in [7, 11) is 0. The first-order valence-electron chi connectivity index (χ1n) is 4.37. The van der Waals surface area contributed by atoms with Crippen molar-refractivity contribution in [2.45, 2.75) is 33.7 Å². The lowest BCUT2D eigenvalue weighted by molar-refractivity contribution is -0.148. The lowest BCUT2D eigenvalue weighted by atomic mass is 10.2. The van der Waals surface area contributed by atoms with Crippen molar-refractivity contribution in [1.82, 2.24) is 5.32 Å². The molecule has 0 saturated heterocycles. The van der Waals surface area contributed by atoms with E-state index in [1.165, 1.54) is 6.92 Å². The molecular formula is C9H17NO3. The number of carbonyl (C=O) groups excluding carboxylic acids is 2. The summed E-state index contributed by atoms with van der Waals surface area (Å²) in [5, 5.41) is 2.45. The number of hydrogen-bond acceptors (Lipinski definition) is 3. The fourth-order valence-electron chi connectivity index (χ4n) is 0.738. The molecule has 0 heterocycles.